The molecule has 0 radical (unpaired) electrons. The zero-order chi connectivity index (χ0) is 14.8. The van der Waals surface area contributed by atoms with Crippen LogP contribution in [-0.2, 0) is 0 Å². The first-order valence-electron chi connectivity index (χ1n) is 7.58. The van der Waals surface area contributed by atoms with Crippen LogP contribution in [-0.4, -0.2) is 20.5 Å². The maximum Gasteiger partial charge on any atom is 0.259 e. The quantitative estimate of drug-likeness (QED) is 0.819. The van der Waals surface area contributed by atoms with Crippen LogP contribution in [0.25, 0.3) is 5.65 Å². The molecule has 4 nitrogen and oxygen atoms in total. The highest BCUT2D eigenvalue weighted by Crippen LogP contribution is 2.66. The van der Waals surface area contributed by atoms with Crippen molar-refractivity contribution in [2.45, 2.75) is 46.1 Å². The molecule has 0 aromatic carbocycles. The molecule has 0 saturated heterocycles. The first-order chi connectivity index (χ1) is 9.92. The number of halogens is 1. The van der Waals surface area contributed by atoms with Gasteiger partial charge in [-0.25, -0.2) is 9.97 Å². The SMILES string of the molecule is CC1(C)C2CCC1(C)C(Oc1nc(Br)cn3ccnc13)C2. The summed E-state index contributed by atoms with van der Waals surface area (Å²) in [5, 5.41) is 0. The number of fused-ring (bicyclic) bond motifs is 3. The minimum Gasteiger partial charge on any atom is -0.471 e. The predicted molar refractivity (Wildman–Crippen MR) is 84.3 cm³/mol. The van der Waals surface area contributed by atoms with Crippen LogP contribution in [0.1, 0.15) is 40.0 Å². The van der Waals surface area contributed by atoms with Crippen LogP contribution in [0.4, 0.5) is 0 Å². The third-order valence-electron chi connectivity index (χ3n) is 6.28. The van der Waals surface area contributed by atoms with Crippen LogP contribution >= 0.6 is 15.9 Å². The fourth-order valence-corrected chi connectivity index (χ4v) is 4.78. The van der Waals surface area contributed by atoms with Gasteiger partial charge in [0.25, 0.3) is 5.88 Å². The Morgan fingerprint density at radius 3 is 2.86 bits per heavy atom. The van der Waals surface area contributed by atoms with Gasteiger partial charge in [-0.1, -0.05) is 20.8 Å². The molecule has 5 heteroatoms. The maximum atomic E-state index is 6.38. The molecule has 3 atom stereocenters. The molecule has 2 fully saturated rings. The Labute approximate surface area is 133 Å². The third-order valence-corrected chi connectivity index (χ3v) is 6.66. The number of imidazole rings is 1. The third kappa shape index (κ3) is 1.73. The lowest BCUT2D eigenvalue weighted by molar-refractivity contribution is 0.0279. The van der Waals surface area contributed by atoms with Crippen molar-refractivity contribution in [2.75, 3.05) is 0 Å². The van der Waals surface area contributed by atoms with Crippen molar-refractivity contribution in [1.29, 1.82) is 0 Å². The molecule has 112 valence electrons. The molecule has 0 spiro atoms. The summed E-state index contributed by atoms with van der Waals surface area (Å²) in [7, 11) is 0. The molecule has 0 N–H and O–H groups in total. The van der Waals surface area contributed by atoms with Crippen molar-refractivity contribution in [1.82, 2.24) is 14.4 Å². The maximum absolute atomic E-state index is 6.38. The second-order valence-corrected chi connectivity index (χ2v) is 8.06. The fraction of sp³-hybridized carbons (Fsp3) is 0.625. The van der Waals surface area contributed by atoms with Crippen LogP contribution in [0.2, 0.25) is 0 Å². The lowest BCUT2D eigenvalue weighted by Gasteiger charge is -2.38. The van der Waals surface area contributed by atoms with Crippen LogP contribution < -0.4 is 4.74 Å². The van der Waals surface area contributed by atoms with E-state index in [9.17, 15) is 0 Å². The molecule has 2 aliphatic rings. The van der Waals surface area contributed by atoms with E-state index < -0.39 is 0 Å². The highest BCUT2D eigenvalue weighted by atomic mass is 79.9. The van der Waals surface area contributed by atoms with Crippen molar-refractivity contribution in [3.63, 3.8) is 0 Å². The van der Waals surface area contributed by atoms with Gasteiger partial charge in [-0.3, -0.25) is 4.40 Å². The Hall–Kier alpha value is -1.10. The summed E-state index contributed by atoms with van der Waals surface area (Å²) >= 11 is 3.45. The Balaban J connectivity index is 1.72. The van der Waals surface area contributed by atoms with Crippen molar-refractivity contribution >= 4 is 21.6 Å². The summed E-state index contributed by atoms with van der Waals surface area (Å²) in [6, 6.07) is 0. The molecule has 2 bridgehead atoms. The minimum atomic E-state index is 0.227. The fourth-order valence-electron chi connectivity index (χ4n) is 4.40. The van der Waals surface area contributed by atoms with Crippen molar-refractivity contribution in [3.05, 3.63) is 23.2 Å². The number of hydrogen-bond donors (Lipinski definition) is 0. The van der Waals surface area contributed by atoms with Crippen LogP contribution in [0.15, 0.2) is 23.2 Å². The Morgan fingerprint density at radius 1 is 1.38 bits per heavy atom. The highest BCUT2D eigenvalue weighted by molar-refractivity contribution is 9.10. The first kappa shape index (κ1) is 13.6. The van der Waals surface area contributed by atoms with Gasteiger partial charge in [-0.05, 0) is 46.5 Å². The first-order valence-corrected chi connectivity index (χ1v) is 8.37. The van der Waals surface area contributed by atoms with Gasteiger partial charge in [0.1, 0.15) is 10.7 Å². The van der Waals surface area contributed by atoms with Gasteiger partial charge in [0.15, 0.2) is 0 Å². The van der Waals surface area contributed by atoms with Gasteiger partial charge in [-0.15, -0.1) is 0 Å². The van der Waals surface area contributed by atoms with Gasteiger partial charge < -0.3 is 4.74 Å². The number of hydrogen-bond acceptors (Lipinski definition) is 3. The van der Waals surface area contributed by atoms with E-state index in [0.29, 0.717) is 11.3 Å². The monoisotopic (exact) mass is 349 g/mol. The Bertz CT molecular complexity index is 711. The molecule has 2 saturated carbocycles. The molecule has 3 unspecified atom stereocenters. The summed E-state index contributed by atoms with van der Waals surface area (Å²) in [5.74, 6) is 1.40. The Kier molecular flexibility index (Phi) is 2.72. The summed E-state index contributed by atoms with van der Waals surface area (Å²) in [4.78, 5) is 8.89. The molecule has 2 aliphatic carbocycles. The van der Waals surface area contributed by atoms with Gasteiger partial charge in [-0.2, -0.15) is 0 Å². The molecule has 2 heterocycles. The smallest absolute Gasteiger partial charge is 0.259 e. The predicted octanol–water partition coefficient (Wildman–Crippen LogP) is 4.09. The average molecular weight is 350 g/mol. The van der Waals surface area contributed by atoms with Crippen LogP contribution in [0.5, 0.6) is 5.88 Å². The van der Waals surface area contributed by atoms with Crippen LogP contribution in [0.3, 0.4) is 0 Å². The lowest BCUT2D eigenvalue weighted by Crippen LogP contribution is -2.39. The van der Waals surface area contributed by atoms with Gasteiger partial charge in [0, 0.05) is 24.0 Å². The summed E-state index contributed by atoms with van der Waals surface area (Å²) in [6.45, 7) is 7.17. The van der Waals surface area contributed by atoms with Crippen molar-refractivity contribution in [3.8, 4) is 5.88 Å². The number of aromatic nitrogens is 3. The van der Waals surface area contributed by atoms with E-state index in [1.54, 1.807) is 6.20 Å². The van der Waals surface area contributed by atoms with E-state index in [-0.39, 0.29) is 11.5 Å². The zero-order valence-corrected chi connectivity index (χ0v) is 14.2. The molecule has 2 aromatic rings. The summed E-state index contributed by atoms with van der Waals surface area (Å²) in [5.41, 5.74) is 1.36. The highest BCUT2D eigenvalue weighted by Gasteiger charge is 2.62. The molecule has 2 aromatic heterocycles. The van der Waals surface area contributed by atoms with E-state index in [4.69, 9.17) is 4.74 Å². The minimum absolute atomic E-state index is 0.227. The molecular weight excluding hydrogens is 330 g/mol. The van der Waals surface area contributed by atoms with Crippen molar-refractivity contribution < 1.29 is 4.74 Å². The van der Waals surface area contributed by atoms with E-state index in [0.717, 1.165) is 22.6 Å². The van der Waals surface area contributed by atoms with E-state index in [2.05, 4.69) is 46.7 Å². The van der Waals surface area contributed by atoms with E-state index in [1.807, 2.05) is 16.8 Å². The Morgan fingerprint density at radius 2 is 2.19 bits per heavy atom. The number of ether oxygens (including phenoxy) is 1. The topological polar surface area (TPSA) is 39.4 Å². The molecule has 4 rings (SSSR count). The summed E-state index contributed by atoms with van der Waals surface area (Å²) < 4.78 is 9.10. The lowest BCUT2D eigenvalue weighted by atomic mass is 9.70. The average Bonchev–Trinajstić information content (AvgIpc) is 3.01. The standard InChI is InChI=1S/C16H20BrN3O/c1-15(2)10-4-5-16(15,3)11(8-10)21-14-13-18-6-7-20(13)9-12(17)19-14/h6-7,9-11H,4-5,8H2,1-3H3. The molecule has 0 amide bonds. The van der Waals surface area contributed by atoms with Gasteiger partial charge in [0.05, 0.1) is 0 Å². The van der Waals surface area contributed by atoms with E-state index in [1.165, 1.54) is 12.8 Å². The van der Waals surface area contributed by atoms with E-state index >= 15 is 0 Å². The van der Waals surface area contributed by atoms with Crippen LogP contribution in [0, 0.1) is 16.7 Å². The second-order valence-electron chi connectivity index (χ2n) is 7.24. The molecular formula is C16H20BrN3O. The second kappa shape index (κ2) is 4.22. The number of rotatable bonds is 2. The zero-order valence-electron chi connectivity index (χ0n) is 12.6. The normalized spacial score (nSPS) is 33.7. The largest absolute Gasteiger partial charge is 0.471 e. The summed E-state index contributed by atoms with van der Waals surface area (Å²) in [6.07, 6.45) is 9.53. The number of nitrogens with zero attached hydrogens (tertiary/aromatic N) is 3. The van der Waals surface area contributed by atoms with Gasteiger partial charge in [0.2, 0.25) is 5.65 Å². The molecule has 21 heavy (non-hydrogen) atoms. The van der Waals surface area contributed by atoms with Gasteiger partial charge >= 0.3 is 0 Å². The molecule has 0 aliphatic heterocycles. The van der Waals surface area contributed by atoms with Crippen molar-refractivity contribution in [2.24, 2.45) is 16.7 Å².